The minimum atomic E-state index is 0.314. The lowest BCUT2D eigenvalue weighted by Crippen LogP contribution is -2.15. The number of rotatable bonds is 0. The Labute approximate surface area is 61.2 Å². The van der Waals surface area contributed by atoms with Crippen molar-refractivity contribution in [3.8, 4) is 0 Å². The third-order valence-corrected chi connectivity index (χ3v) is 1.27. The summed E-state index contributed by atoms with van der Waals surface area (Å²) in [6, 6.07) is 0. The van der Waals surface area contributed by atoms with Gasteiger partial charge in [0, 0.05) is 0 Å². The van der Waals surface area contributed by atoms with Gasteiger partial charge in [-0.3, -0.25) is 0 Å². The van der Waals surface area contributed by atoms with Crippen LogP contribution in [0, 0.1) is 0 Å². The fraction of sp³-hybridized carbons (Fsp3) is 1.00. The van der Waals surface area contributed by atoms with Crippen LogP contribution in [0.1, 0.15) is 19.8 Å². The van der Waals surface area contributed by atoms with Crippen LogP contribution in [-0.2, 0) is 14.5 Å². The highest BCUT2D eigenvalue weighted by Gasteiger charge is 2.07. The van der Waals surface area contributed by atoms with Gasteiger partial charge in [-0.05, 0) is 19.8 Å². The molecule has 2 fully saturated rings. The maximum atomic E-state index is 4.78. The predicted molar refractivity (Wildman–Crippen MR) is 36.6 cm³/mol. The minimum absolute atomic E-state index is 0.314. The molecule has 0 aliphatic carbocycles. The molecule has 0 amide bonds. The molecule has 2 aliphatic rings. The smallest absolute Gasteiger partial charge is 0.0902 e. The monoisotopic (exact) mass is 146 g/mol. The lowest BCUT2D eigenvalue weighted by molar-refractivity contribution is -0.340. The molecule has 2 rings (SSSR count). The first-order valence-corrected chi connectivity index (χ1v) is 3.75. The van der Waals surface area contributed by atoms with E-state index >= 15 is 0 Å². The fourth-order valence-corrected chi connectivity index (χ4v) is 0.642. The van der Waals surface area contributed by atoms with Gasteiger partial charge in [-0.25, -0.2) is 9.78 Å². The van der Waals surface area contributed by atoms with Crippen LogP contribution in [0.4, 0.5) is 0 Å². The maximum Gasteiger partial charge on any atom is 0.0902 e. The van der Waals surface area contributed by atoms with Gasteiger partial charge in [-0.2, -0.15) is 0 Å². The SMILES string of the molecule is C1CO1.CC1CCCOO1. The van der Waals surface area contributed by atoms with Crippen molar-refractivity contribution in [1.82, 2.24) is 0 Å². The minimum Gasteiger partial charge on any atom is -0.377 e. The van der Waals surface area contributed by atoms with Gasteiger partial charge in [0.05, 0.1) is 25.9 Å². The number of hydrogen-bond donors (Lipinski definition) is 0. The molecule has 2 saturated heterocycles. The lowest BCUT2D eigenvalue weighted by Gasteiger charge is -2.16. The van der Waals surface area contributed by atoms with Crippen LogP contribution in [0.2, 0.25) is 0 Å². The van der Waals surface area contributed by atoms with Gasteiger partial charge in [-0.1, -0.05) is 0 Å². The first-order chi connectivity index (χ1) is 4.89. The molecule has 3 heteroatoms. The van der Waals surface area contributed by atoms with Gasteiger partial charge >= 0.3 is 0 Å². The molecule has 0 spiro atoms. The summed E-state index contributed by atoms with van der Waals surface area (Å²) in [5.41, 5.74) is 0. The summed E-state index contributed by atoms with van der Waals surface area (Å²) in [5, 5.41) is 0. The highest BCUT2D eigenvalue weighted by Crippen LogP contribution is 2.07. The van der Waals surface area contributed by atoms with Crippen LogP contribution in [0.5, 0.6) is 0 Å². The molecule has 0 N–H and O–H groups in total. The van der Waals surface area contributed by atoms with E-state index in [0.717, 1.165) is 32.7 Å². The van der Waals surface area contributed by atoms with E-state index in [9.17, 15) is 0 Å². The second-order valence-corrected chi connectivity index (χ2v) is 2.48. The van der Waals surface area contributed by atoms with Crippen molar-refractivity contribution in [2.75, 3.05) is 19.8 Å². The van der Waals surface area contributed by atoms with Crippen LogP contribution < -0.4 is 0 Å². The molecule has 0 aromatic carbocycles. The zero-order chi connectivity index (χ0) is 7.23. The molecule has 10 heavy (non-hydrogen) atoms. The first kappa shape index (κ1) is 7.98. The molecule has 2 aliphatic heterocycles. The van der Waals surface area contributed by atoms with Crippen molar-refractivity contribution >= 4 is 0 Å². The van der Waals surface area contributed by atoms with Gasteiger partial charge in [-0.15, -0.1) is 0 Å². The van der Waals surface area contributed by atoms with Crippen LogP contribution in [0.25, 0.3) is 0 Å². The molecule has 3 nitrogen and oxygen atoms in total. The van der Waals surface area contributed by atoms with E-state index in [0.29, 0.717) is 6.10 Å². The summed E-state index contributed by atoms with van der Waals surface area (Å²) in [6.07, 6.45) is 2.59. The quantitative estimate of drug-likeness (QED) is 0.379. The summed E-state index contributed by atoms with van der Waals surface area (Å²) in [5.74, 6) is 0. The molecule has 0 aromatic rings. The summed E-state index contributed by atoms with van der Waals surface area (Å²) >= 11 is 0. The first-order valence-electron chi connectivity index (χ1n) is 3.75. The second-order valence-electron chi connectivity index (χ2n) is 2.48. The third kappa shape index (κ3) is 4.73. The van der Waals surface area contributed by atoms with Crippen LogP contribution in [0.15, 0.2) is 0 Å². The van der Waals surface area contributed by atoms with E-state index in [1.807, 2.05) is 6.92 Å². The largest absolute Gasteiger partial charge is 0.377 e. The zero-order valence-electron chi connectivity index (χ0n) is 6.34. The van der Waals surface area contributed by atoms with Crippen LogP contribution >= 0.6 is 0 Å². The van der Waals surface area contributed by atoms with Crippen molar-refractivity contribution in [3.05, 3.63) is 0 Å². The average Bonchev–Trinajstić information content (AvgIpc) is 2.73. The van der Waals surface area contributed by atoms with E-state index in [2.05, 4.69) is 9.62 Å². The van der Waals surface area contributed by atoms with Crippen molar-refractivity contribution < 1.29 is 14.5 Å². The highest BCUT2D eigenvalue weighted by molar-refractivity contribution is 4.49. The Kier molecular flexibility index (Phi) is 3.72. The fourth-order valence-electron chi connectivity index (χ4n) is 0.642. The van der Waals surface area contributed by atoms with E-state index in [4.69, 9.17) is 4.89 Å². The van der Waals surface area contributed by atoms with Crippen molar-refractivity contribution in [2.24, 2.45) is 0 Å². The Balaban J connectivity index is 0.000000138. The molecule has 60 valence electrons. The Morgan fingerprint density at radius 1 is 1.20 bits per heavy atom. The van der Waals surface area contributed by atoms with Gasteiger partial charge < -0.3 is 4.74 Å². The number of epoxide rings is 1. The molecule has 2 heterocycles. The van der Waals surface area contributed by atoms with E-state index in [1.165, 1.54) is 0 Å². The Morgan fingerprint density at radius 3 is 2.10 bits per heavy atom. The molecule has 0 saturated carbocycles. The number of ether oxygens (including phenoxy) is 1. The summed E-state index contributed by atoms with van der Waals surface area (Å²) in [6.45, 7) is 4.78. The molecule has 0 aromatic heterocycles. The summed E-state index contributed by atoms with van der Waals surface area (Å²) < 4.78 is 4.50. The molecule has 0 bridgehead atoms. The molecule has 0 radical (unpaired) electrons. The third-order valence-electron chi connectivity index (χ3n) is 1.27. The second kappa shape index (κ2) is 4.66. The average molecular weight is 146 g/mol. The molecule has 1 atom stereocenters. The van der Waals surface area contributed by atoms with Crippen molar-refractivity contribution in [3.63, 3.8) is 0 Å². The normalized spacial score (nSPS) is 30.3. The number of hydrogen-bond acceptors (Lipinski definition) is 3. The van der Waals surface area contributed by atoms with Gasteiger partial charge in [0.1, 0.15) is 0 Å². The predicted octanol–water partition coefficient (Wildman–Crippen LogP) is 1.13. The lowest BCUT2D eigenvalue weighted by atomic mass is 10.2. The van der Waals surface area contributed by atoms with E-state index in [-0.39, 0.29) is 0 Å². The maximum absolute atomic E-state index is 4.78. The van der Waals surface area contributed by atoms with Gasteiger partial charge in [0.15, 0.2) is 0 Å². The van der Waals surface area contributed by atoms with Crippen LogP contribution in [0.3, 0.4) is 0 Å². The highest BCUT2D eigenvalue weighted by atomic mass is 17.2. The topological polar surface area (TPSA) is 31.0 Å². The van der Waals surface area contributed by atoms with Crippen molar-refractivity contribution in [2.45, 2.75) is 25.9 Å². The van der Waals surface area contributed by atoms with E-state index < -0.39 is 0 Å². The zero-order valence-corrected chi connectivity index (χ0v) is 6.34. The van der Waals surface area contributed by atoms with Crippen molar-refractivity contribution in [1.29, 1.82) is 0 Å². The van der Waals surface area contributed by atoms with Gasteiger partial charge in [0.2, 0.25) is 0 Å². The molecular formula is C7H14O3. The molecular weight excluding hydrogens is 132 g/mol. The van der Waals surface area contributed by atoms with Gasteiger partial charge in [0.25, 0.3) is 0 Å². The summed E-state index contributed by atoms with van der Waals surface area (Å²) in [7, 11) is 0. The summed E-state index contributed by atoms with van der Waals surface area (Å²) in [4.78, 5) is 9.46. The standard InChI is InChI=1S/C5H10O2.C2H4O/c1-5-3-2-4-6-7-5;1-2-3-1/h5H,2-4H2,1H3;1-2H2. The Hall–Kier alpha value is -0.120. The van der Waals surface area contributed by atoms with E-state index in [1.54, 1.807) is 0 Å². The molecule has 1 unspecified atom stereocenters. The van der Waals surface area contributed by atoms with Crippen LogP contribution in [-0.4, -0.2) is 25.9 Å². The Morgan fingerprint density at radius 2 is 1.90 bits per heavy atom. The Bertz CT molecular complexity index is 74.2.